The van der Waals surface area contributed by atoms with Crippen molar-refractivity contribution < 1.29 is 14.6 Å². The highest BCUT2D eigenvalue weighted by Crippen LogP contribution is 2.38. The molecule has 1 heterocycles. The molecule has 0 aromatic heterocycles. The Morgan fingerprint density at radius 3 is 2.60 bits per heavy atom. The van der Waals surface area contributed by atoms with Crippen LogP contribution in [-0.4, -0.2) is 11.1 Å². The molecular weight excluding hydrogens is 252 g/mol. The first kappa shape index (κ1) is 12.7. The third-order valence-electron chi connectivity index (χ3n) is 3.81. The summed E-state index contributed by atoms with van der Waals surface area (Å²) in [6, 6.07) is 13.7. The highest BCUT2D eigenvalue weighted by atomic mass is 16.5. The van der Waals surface area contributed by atoms with Crippen molar-refractivity contribution in [3.05, 3.63) is 59.2 Å². The molecule has 1 N–H and O–H groups in total. The van der Waals surface area contributed by atoms with E-state index >= 15 is 0 Å². The minimum Gasteiger partial charge on any atom is -0.481 e. The number of rotatable bonds is 2. The first-order valence-corrected chi connectivity index (χ1v) is 6.77. The van der Waals surface area contributed by atoms with Crippen LogP contribution in [0.5, 0.6) is 11.5 Å². The Hall–Kier alpha value is -2.29. The molecule has 2 aromatic carbocycles. The van der Waals surface area contributed by atoms with Gasteiger partial charge < -0.3 is 9.84 Å². The number of benzene rings is 2. The number of aryl methyl sites for hydroxylation is 2. The van der Waals surface area contributed by atoms with Gasteiger partial charge in [0.25, 0.3) is 0 Å². The summed E-state index contributed by atoms with van der Waals surface area (Å²) < 4.78 is 6.04. The van der Waals surface area contributed by atoms with Crippen LogP contribution in [-0.2, 0) is 17.6 Å². The Morgan fingerprint density at radius 2 is 1.80 bits per heavy atom. The molecule has 1 atom stereocenters. The number of carbonyl (C=O) groups is 1. The van der Waals surface area contributed by atoms with Crippen molar-refractivity contribution in [2.45, 2.75) is 25.7 Å². The number of carboxylic acid groups (broad SMARTS) is 1. The fraction of sp³-hybridized carbons (Fsp3) is 0.235. The largest absolute Gasteiger partial charge is 0.481 e. The molecular formula is C17H16O3. The number of hydrogen-bond donors (Lipinski definition) is 1. The van der Waals surface area contributed by atoms with Gasteiger partial charge in [-0.2, -0.15) is 0 Å². The normalized spacial score (nSPS) is 14.4. The van der Waals surface area contributed by atoms with Gasteiger partial charge in [-0.15, -0.1) is 0 Å². The van der Waals surface area contributed by atoms with Gasteiger partial charge in [-0.05, 0) is 37.0 Å². The third kappa shape index (κ3) is 2.16. The van der Waals surface area contributed by atoms with Gasteiger partial charge in [0.1, 0.15) is 11.5 Å². The van der Waals surface area contributed by atoms with E-state index in [0.29, 0.717) is 5.75 Å². The zero-order valence-electron chi connectivity index (χ0n) is 11.3. The molecule has 0 saturated carbocycles. The average Bonchev–Trinajstić information content (AvgIpc) is 2.65. The number of hydrogen-bond acceptors (Lipinski definition) is 2. The summed E-state index contributed by atoms with van der Waals surface area (Å²) in [5.74, 6) is 0.137. The Bertz CT molecular complexity index is 661. The van der Waals surface area contributed by atoms with Crippen LogP contribution in [0.3, 0.4) is 0 Å². The maximum Gasteiger partial charge on any atom is 0.310 e. The Kier molecular flexibility index (Phi) is 3.18. The molecule has 0 fully saturated rings. The van der Waals surface area contributed by atoms with Crippen LogP contribution in [0.1, 0.15) is 29.5 Å². The molecule has 0 radical (unpaired) electrons. The predicted molar refractivity (Wildman–Crippen MR) is 76.4 cm³/mol. The lowest BCUT2D eigenvalue weighted by Crippen LogP contribution is -2.09. The summed E-state index contributed by atoms with van der Waals surface area (Å²) in [7, 11) is 0. The number of para-hydroxylation sites is 2. The molecule has 0 aliphatic carbocycles. The second-order valence-corrected chi connectivity index (χ2v) is 5.11. The summed E-state index contributed by atoms with van der Waals surface area (Å²) in [5.41, 5.74) is 2.98. The highest BCUT2D eigenvalue weighted by molar-refractivity contribution is 5.77. The average molecular weight is 268 g/mol. The molecule has 1 aliphatic heterocycles. The van der Waals surface area contributed by atoms with E-state index in [2.05, 4.69) is 6.07 Å². The maximum atomic E-state index is 11.3. The molecule has 0 spiro atoms. The first-order valence-electron chi connectivity index (χ1n) is 6.77. The fourth-order valence-electron chi connectivity index (χ4n) is 2.59. The van der Waals surface area contributed by atoms with Gasteiger partial charge in [0.05, 0.1) is 5.92 Å². The van der Waals surface area contributed by atoms with E-state index in [9.17, 15) is 9.90 Å². The van der Waals surface area contributed by atoms with E-state index in [1.165, 1.54) is 0 Å². The zero-order chi connectivity index (χ0) is 14.1. The quantitative estimate of drug-likeness (QED) is 0.902. The lowest BCUT2D eigenvalue weighted by atomic mass is 9.96. The summed E-state index contributed by atoms with van der Waals surface area (Å²) in [5, 5.41) is 9.25. The molecule has 0 bridgehead atoms. The van der Waals surface area contributed by atoms with Crippen LogP contribution in [0.4, 0.5) is 0 Å². The monoisotopic (exact) mass is 268 g/mol. The number of aliphatic carboxylic acids is 1. The van der Waals surface area contributed by atoms with E-state index in [1.807, 2.05) is 36.4 Å². The molecule has 2 aromatic rings. The van der Waals surface area contributed by atoms with Crippen LogP contribution < -0.4 is 4.74 Å². The highest BCUT2D eigenvalue weighted by Gasteiger charge is 2.23. The Balaban J connectivity index is 2.10. The second kappa shape index (κ2) is 5.00. The third-order valence-corrected chi connectivity index (χ3v) is 3.81. The Labute approximate surface area is 117 Å². The van der Waals surface area contributed by atoms with Crippen molar-refractivity contribution in [1.29, 1.82) is 0 Å². The van der Waals surface area contributed by atoms with Crippen molar-refractivity contribution in [3.63, 3.8) is 0 Å². The van der Waals surface area contributed by atoms with E-state index in [1.54, 1.807) is 6.92 Å². The lowest BCUT2D eigenvalue weighted by Gasteiger charge is -2.16. The summed E-state index contributed by atoms with van der Waals surface area (Å²) in [6.07, 6.45) is 1.78. The minimum absolute atomic E-state index is 0.574. The molecule has 0 saturated heterocycles. The molecule has 1 aliphatic rings. The van der Waals surface area contributed by atoms with Crippen molar-refractivity contribution in [2.75, 3.05) is 0 Å². The first-order chi connectivity index (χ1) is 9.66. The van der Waals surface area contributed by atoms with Crippen molar-refractivity contribution >= 4 is 5.97 Å². The summed E-state index contributed by atoms with van der Waals surface area (Å²) in [4.78, 5) is 11.3. The summed E-state index contributed by atoms with van der Waals surface area (Å²) >= 11 is 0. The molecule has 3 heteroatoms. The van der Waals surface area contributed by atoms with Crippen molar-refractivity contribution in [2.24, 2.45) is 0 Å². The van der Waals surface area contributed by atoms with Gasteiger partial charge in [-0.25, -0.2) is 0 Å². The van der Waals surface area contributed by atoms with Crippen LogP contribution in [0.2, 0.25) is 0 Å². The fourth-order valence-corrected chi connectivity index (χ4v) is 2.59. The van der Waals surface area contributed by atoms with Crippen LogP contribution in [0.15, 0.2) is 42.5 Å². The van der Waals surface area contributed by atoms with Gasteiger partial charge in [-0.1, -0.05) is 36.4 Å². The van der Waals surface area contributed by atoms with Gasteiger partial charge in [0, 0.05) is 5.56 Å². The van der Waals surface area contributed by atoms with E-state index in [-0.39, 0.29) is 0 Å². The van der Waals surface area contributed by atoms with Gasteiger partial charge in [0.15, 0.2) is 0 Å². The van der Waals surface area contributed by atoms with Gasteiger partial charge >= 0.3 is 5.97 Å². The predicted octanol–water partition coefficient (Wildman–Crippen LogP) is 3.77. The van der Waals surface area contributed by atoms with Crippen molar-refractivity contribution in [3.8, 4) is 11.5 Å². The molecule has 20 heavy (non-hydrogen) atoms. The van der Waals surface area contributed by atoms with Crippen molar-refractivity contribution in [1.82, 2.24) is 0 Å². The van der Waals surface area contributed by atoms with Crippen LogP contribution in [0.25, 0.3) is 0 Å². The molecule has 3 rings (SSSR count). The second-order valence-electron chi connectivity index (χ2n) is 5.11. The molecule has 0 amide bonds. The number of carboxylic acids is 1. The maximum absolute atomic E-state index is 11.3. The van der Waals surface area contributed by atoms with E-state index < -0.39 is 11.9 Å². The van der Waals surface area contributed by atoms with E-state index in [4.69, 9.17) is 4.74 Å². The smallest absolute Gasteiger partial charge is 0.310 e. The van der Waals surface area contributed by atoms with Crippen LogP contribution in [0, 0.1) is 0 Å². The van der Waals surface area contributed by atoms with Crippen LogP contribution >= 0.6 is 0 Å². The van der Waals surface area contributed by atoms with E-state index in [0.717, 1.165) is 35.3 Å². The minimum atomic E-state index is -0.834. The standard InChI is InChI=1S/C17H16O3/c1-11(17(18)19)14-7-4-6-13-10-9-12-5-2-3-8-15(12)20-16(13)14/h2-8,11H,9-10H2,1H3,(H,18,19). The number of ether oxygens (including phenoxy) is 1. The molecule has 102 valence electrons. The number of fused-ring (bicyclic) bond motifs is 2. The zero-order valence-corrected chi connectivity index (χ0v) is 11.3. The topological polar surface area (TPSA) is 46.5 Å². The molecule has 3 nitrogen and oxygen atoms in total. The van der Waals surface area contributed by atoms with Gasteiger partial charge in [0.2, 0.25) is 0 Å². The summed E-state index contributed by atoms with van der Waals surface area (Å²) in [6.45, 7) is 1.69. The van der Waals surface area contributed by atoms with Gasteiger partial charge in [-0.3, -0.25) is 4.79 Å². The lowest BCUT2D eigenvalue weighted by molar-refractivity contribution is -0.138. The Morgan fingerprint density at radius 1 is 1.10 bits per heavy atom. The SMILES string of the molecule is CC(C(=O)O)c1cccc2c1Oc1ccccc1CC2. The molecule has 1 unspecified atom stereocenters.